The van der Waals surface area contributed by atoms with E-state index in [2.05, 4.69) is 5.32 Å². The lowest BCUT2D eigenvalue weighted by molar-refractivity contribution is 0.252. The highest BCUT2D eigenvalue weighted by Gasteiger charge is 2.25. The molecule has 1 unspecified atom stereocenters. The van der Waals surface area contributed by atoms with Crippen LogP contribution in [-0.2, 0) is 9.84 Å². The van der Waals surface area contributed by atoms with Gasteiger partial charge in [-0.2, -0.15) is 8.78 Å². The summed E-state index contributed by atoms with van der Waals surface area (Å²) in [6.07, 6.45) is 1.36. The second kappa shape index (κ2) is 6.09. The number of hydrogen-bond donors (Lipinski definition) is 1. The Morgan fingerprint density at radius 2 is 2.05 bits per heavy atom. The van der Waals surface area contributed by atoms with Crippen LogP contribution in [0.1, 0.15) is 12.8 Å². The van der Waals surface area contributed by atoms with Gasteiger partial charge in [0.2, 0.25) is 0 Å². The number of hydrogen-bond acceptors (Lipinski definition) is 4. The lowest BCUT2D eigenvalue weighted by Crippen LogP contribution is -2.34. The molecule has 2 rings (SSSR count). The van der Waals surface area contributed by atoms with E-state index in [1.54, 1.807) is 24.3 Å². The molecule has 1 aliphatic rings. The lowest BCUT2D eigenvalue weighted by Gasteiger charge is -2.25. The number of halogens is 2. The smallest absolute Gasteiger partial charge is 0.288 e. The second-order valence-electron chi connectivity index (χ2n) is 4.47. The van der Waals surface area contributed by atoms with Crippen LogP contribution in [-0.4, -0.2) is 31.7 Å². The first-order valence-electron chi connectivity index (χ1n) is 5.97. The van der Waals surface area contributed by atoms with Crippen LogP contribution in [0.5, 0.6) is 0 Å². The van der Waals surface area contributed by atoms with Gasteiger partial charge < -0.3 is 5.32 Å². The van der Waals surface area contributed by atoms with Crippen molar-refractivity contribution in [3.05, 3.63) is 24.3 Å². The van der Waals surface area contributed by atoms with E-state index in [-0.39, 0.29) is 17.5 Å². The van der Waals surface area contributed by atoms with Crippen molar-refractivity contribution >= 4 is 27.3 Å². The summed E-state index contributed by atoms with van der Waals surface area (Å²) in [6.45, 7) is 0. The number of alkyl halides is 2. The van der Waals surface area contributed by atoms with Crippen molar-refractivity contribution in [2.24, 2.45) is 0 Å². The minimum absolute atomic E-state index is 0.0701. The molecular weight excluding hydrogens is 292 g/mol. The molecule has 1 aromatic carbocycles. The number of sulfone groups is 1. The summed E-state index contributed by atoms with van der Waals surface area (Å²) >= 11 is 0.468. The average Bonchev–Trinajstić information content (AvgIpc) is 2.30. The highest BCUT2D eigenvalue weighted by Crippen LogP contribution is 2.32. The quantitative estimate of drug-likeness (QED) is 0.869. The van der Waals surface area contributed by atoms with Gasteiger partial charge in [-0.3, -0.25) is 0 Å². The highest BCUT2D eigenvalue weighted by molar-refractivity contribution is 7.99. The zero-order chi connectivity index (χ0) is 13.9. The molecule has 1 saturated heterocycles. The number of benzene rings is 1. The Bertz CT molecular complexity index is 534. The van der Waals surface area contributed by atoms with Gasteiger partial charge in [-0.1, -0.05) is 23.9 Å². The predicted molar refractivity (Wildman–Crippen MR) is 73.6 cm³/mol. The molecule has 19 heavy (non-hydrogen) atoms. The first-order chi connectivity index (χ1) is 8.96. The highest BCUT2D eigenvalue weighted by atomic mass is 32.2. The topological polar surface area (TPSA) is 46.2 Å². The summed E-state index contributed by atoms with van der Waals surface area (Å²) in [7, 11) is -3.01. The average molecular weight is 307 g/mol. The van der Waals surface area contributed by atoms with Crippen LogP contribution >= 0.6 is 11.8 Å². The normalized spacial score (nSPS) is 22.4. The first-order valence-corrected chi connectivity index (χ1v) is 8.67. The fourth-order valence-corrected chi connectivity index (χ4v) is 4.38. The fraction of sp³-hybridized carbons (Fsp3) is 0.500. The third-order valence-electron chi connectivity index (χ3n) is 2.93. The van der Waals surface area contributed by atoms with Crippen LogP contribution in [0.25, 0.3) is 0 Å². The minimum atomic E-state index is -3.01. The van der Waals surface area contributed by atoms with Gasteiger partial charge >= 0.3 is 0 Å². The maximum Gasteiger partial charge on any atom is 0.288 e. The first kappa shape index (κ1) is 14.6. The maximum atomic E-state index is 12.4. The Hall–Kier alpha value is -0.820. The van der Waals surface area contributed by atoms with E-state index < -0.39 is 15.6 Å². The van der Waals surface area contributed by atoms with Gasteiger partial charge in [0.1, 0.15) is 0 Å². The molecule has 1 fully saturated rings. The summed E-state index contributed by atoms with van der Waals surface area (Å²) in [4.78, 5) is 0.445. The minimum Gasteiger partial charge on any atom is -0.380 e. The summed E-state index contributed by atoms with van der Waals surface area (Å²) in [5, 5.41) is 3.08. The van der Waals surface area contributed by atoms with Gasteiger partial charge in [-0.25, -0.2) is 8.42 Å². The molecule has 0 spiro atoms. The van der Waals surface area contributed by atoms with Gasteiger partial charge in [0.05, 0.1) is 11.5 Å². The van der Waals surface area contributed by atoms with Crippen molar-refractivity contribution in [1.29, 1.82) is 0 Å². The summed E-state index contributed by atoms with van der Waals surface area (Å²) in [5.41, 5.74) is 0.579. The molecule has 0 aromatic heterocycles. The van der Waals surface area contributed by atoms with Crippen molar-refractivity contribution in [3.8, 4) is 0 Å². The van der Waals surface area contributed by atoms with Crippen LogP contribution in [0.4, 0.5) is 14.5 Å². The molecule has 3 nitrogen and oxygen atoms in total. The van der Waals surface area contributed by atoms with Crippen LogP contribution in [0.15, 0.2) is 29.2 Å². The molecular formula is C12H15F2NO2S2. The van der Waals surface area contributed by atoms with Gasteiger partial charge in [-0.05, 0) is 25.0 Å². The molecule has 0 radical (unpaired) electrons. The number of rotatable bonds is 4. The number of nitrogens with one attached hydrogen (secondary N) is 1. The zero-order valence-corrected chi connectivity index (χ0v) is 11.8. The molecule has 1 N–H and O–H groups in total. The predicted octanol–water partition coefficient (Wildman–Crippen LogP) is 2.99. The number of para-hydroxylation sites is 1. The molecule has 1 aliphatic heterocycles. The van der Waals surface area contributed by atoms with E-state index in [1.807, 2.05) is 0 Å². The third-order valence-corrected chi connectivity index (χ3v) is 5.53. The van der Waals surface area contributed by atoms with Crippen LogP contribution < -0.4 is 5.32 Å². The Morgan fingerprint density at radius 3 is 2.74 bits per heavy atom. The fourth-order valence-electron chi connectivity index (χ4n) is 2.14. The maximum absolute atomic E-state index is 12.4. The van der Waals surface area contributed by atoms with E-state index >= 15 is 0 Å². The largest absolute Gasteiger partial charge is 0.380 e. The monoisotopic (exact) mass is 307 g/mol. The summed E-state index contributed by atoms with van der Waals surface area (Å²) < 4.78 is 48.0. The Morgan fingerprint density at radius 1 is 1.32 bits per heavy atom. The molecule has 1 atom stereocenters. The van der Waals surface area contributed by atoms with Crippen molar-refractivity contribution in [3.63, 3.8) is 0 Å². The zero-order valence-electron chi connectivity index (χ0n) is 10.2. The van der Waals surface area contributed by atoms with E-state index in [0.29, 0.717) is 28.8 Å². The van der Waals surface area contributed by atoms with Crippen molar-refractivity contribution in [1.82, 2.24) is 0 Å². The number of anilines is 1. The molecule has 0 amide bonds. The molecule has 7 heteroatoms. The Kier molecular flexibility index (Phi) is 4.67. The van der Waals surface area contributed by atoms with Gasteiger partial charge in [0.25, 0.3) is 5.76 Å². The van der Waals surface area contributed by atoms with Crippen molar-refractivity contribution in [2.75, 3.05) is 16.8 Å². The summed E-state index contributed by atoms with van der Waals surface area (Å²) in [6, 6.07) is 6.55. The Balaban J connectivity index is 2.10. The van der Waals surface area contributed by atoms with Crippen molar-refractivity contribution in [2.45, 2.75) is 29.5 Å². The van der Waals surface area contributed by atoms with Gasteiger partial charge in [0, 0.05) is 16.6 Å². The molecule has 106 valence electrons. The van der Waals surface area contributed by atoms with Crippen LogP contribution in [0.3, 0.4) is 0 Å². The second-order valence-corrected chi connectivity index (χ2v) is 7.73. The van der Waals surface area contributed by atoms with E-state index in [1.165, 1.54) is 0 Å². The SMILES string of the molecule is O=S1(=O)CCCC(Nc2ccccc2SC(F)F)C1. The van der Waals surface area contributed by atoms with E-state index in [9.17, 15) is 17.2 Å². The summed E-state index contributed by atoms with van der Waals surface area (Å²) in [5.74, 6) is -2.20. The third kappa shape index (κ3) is 4.35. The number of thioether (sulfide) groups is 1. The van der Waals surface area contributed by atoms with Crippen LogP contribution in [0.2, 0.25) is 0 Å². The van der Waals surface area contributed by atoms with Gasteiger partial charge in [-0.15, -0.1) is 0 Å². The van der Waals surface area contributed by atoms with E-state index in [0.717, 1.165) is 6.42 Å². The van der Waals surface area contributed by atoms with Crippen LogP contribution in [0, 0.1) is 0 Å². The van der Waals surface area contributed by atoms with E-state index in [4.69, 9.17) is 0 Å². The molecule has 1 aromatic rings. The molecule has 1 heterocycles. The molecule has 0 bridgehead atoms. The molecule has 0 aliphatic carbocycles. The standard InChI is InChI=1S/C12H15F2NO2S2/c13-12(14)18-11-6-2-1-5-10(11)15-9-4-3-7-19(16,17)8-9/h1-2,5-6,9,12,15H,3-4,7-8H2. The van der Waals surface area contributed by atoms with Gasteiger partial charge in [0.15, 0.2) is 9.84 Å². The Labute approximate surface area is 115 Å². The van der Waals surface area contributed by atoms with Crippen molar-refractivity contribution < 1.29 is 17.2 Å². The lowest BCUT2D eigenvalue weighted by atomic mass is 10.1. The molecule has 0 saturated carbocycles.